The van der Waals surface area contributed by atoms with Crippen molar-refractivity contribution in [1.82, 2.24) is 20.9 Å². The molecule has 0 saturated carbocycles. The quantitative estimate of drug-likeness (QED) is 0.0334. The summed E-state index contributed by atoms with van der Waals surface area (Å²) < 4.78 is 49.1. The molecule has 2 aliphatic rings. The molecular weight excluding hydrogens is 1130 g/mol. The summed E-state index contributed by atoms with van der Waals surface area (Å²) in [7, 11) is -4.25. The van der Waals surface area contributed by atoms with Crippen molar-refractivity contribution in [3.8, 4) is 0 Å². The third-order valence-electron chi connectivity index (χ3n) is 14.8. The van der Waals surface area contributed by atoms with Gasteiger partial charge in [-0.15, -0.1) is 0 Å². The van der Waals surface area contributed by atoms with Gasteiger partial charge in [-0.25, -0.2) is 4.79 Å². The monoisotopic (exact) mass is 1210 g/mol. The van der Waals surface area contributed by atoms with Gasteiger partial charge in [0.15, 0.2) is 11.9 Å². The van der Waals surface area contributed by atoms with Crippen molar-refractivity contribution < 1.29 is 80.2 Å². The third-order valence-corrected chi connectivity index (χ3v) is 16.0. The first-order valence-corrected chi connectivity index (χ1v) is 30.6. The van der Waals surface area contributed by atoms with Crippen molar-refractivity contribution >= 4 is 80.6 Å². The Balaban J connectivity index is 1.37. The summed E-state index contributed by atoms with van der Waals surface area (Å²) in [5, 5.41) is 18.0. The lowest BCUT2D eigenvalue weighted by molar-refractivity contribution is -0.180. The molecule has 23 heteroatoms. The smallest absolute Gasteiger partial charge is 0.347 e. The Kier molecular flexibility index (Phi) is 26.5. The second kappa shape index (κ2) is 31.7. The summed E-state index contributed by atoms with van der Waals surface area (Å²) in [5.41, 5.74) is 1.47. The van der Waals surface area contributed by atoms with Crippen molar-refractivity contribution in [3.63, 3.8) is 0 Å². The van der Waals surface area contributed by atoms with Gasteiger partial charge in [0.25, 0.3) is 10.1 Å². The molecule has 0 radical (unpaired) electrons. The molecule has 5 N–H and O–H groups in total. The lowest BCUT2D eigenvalue weighted by atomic mass is 9.88. The molecule has 4 rings (SSSR count). The van der Waals surface area contributed by atoms with Gasteiger partial charge >= 0.3 is 17.9 Å². The number of amides is 4. The van der Waals surface area contributed by atoms with Crippen molar-refractivity contribution in [3.05, 3.63) is 81.9 Å². The van der Waals surface area contributed by atoms with Gasteiger partial charge in [-0.1, -0.05) is 103 Å². The molecule has 0 bridgehead atoms. The van der Waals surface area contributed by atoms with E-state index in [2.05, 4.69) is 16.0 Å². The van der Waals surface area contributed by atoms with Gasteiger partial charge in [0, 0.05) is 94.3 Å². The second-order valence-corrected chi connectivity index (χ2v) is 26.4. The fraction of sp³-hybridized carbons (Fsp3) is 0.607. The van der Waals surface area contributed by atoms with Crippen molar-refractivity contribution in [2.45, 2.75) is 183 Å². The predicted molar refractivity (Wildman–Crippen MR) is 312 cm³/mol. The van der Waals surface area contributed by atoms with Crippen LogP contribution in [0.2, 0.25) is 5.02 Å². The molecule has 1 fully saturated rings. The molecule has 2 aromatic carbocycles. The first-order chi connectivity index (χ1) is 39.1. The van der Waals surface area contributed by atoms with Gasteiger partial charge in [-0.3, -0.25) is 47.7 Å². The molecule has 0 aliphatic carbocycles. The molecule has 21 nitrogen and oxygen atoms in total. The number of aliphatic carboxylic acids is 1. The van der Waals surface area contributed by atoms with Gasteiger partial charge in [0.1, 0.15) is 29.8 Å². The average molecular weight is 1210 g/mol. The number of nitrogens with zero attached hydrogens (tertiary/aromatic N) is 1. The molecule has 84 heavy (non-hydrogen) atoms. The number of nitrogens with one attached hydrogen (secondary N) is 3. The lowest BCUT2D eigenvalue weighted by Crippen LogP contribution is -2.51. The van der Waals surface area contributed by atoms with Crippen LogP contribution in [0.4, 0.5) is 0 Å². The van der Waals surface area contributed by atoms with Crippen LogP contribution in [0, 0.1) is 35.5 Å². The molecule has 4 amide bonds. The van der Waals surface area contributed by atoms with E-state index in [0.29, 0.717) is 17.0 Å². The van der Waals surface area contributed by atoms with E-state index in [9.17, 15) is 61.5 Å². The minimum absolute atomic E-state index is 0.0746. The number of rotatable bonds is 28. The van der Waals surface area contributed by atoms with Crippen LogP contribution in [0.1, 0.15) is 155 Å². The van der Waals surface area contributed by atoms with Crippen LogP contribution < -0.4 is 16.0 Å². The van der Waals surface area contributed by atoms with Crippen LogP contribution in [-0.2, 0) is 85.1 Å². The summed E-state index contributed by atoms with van der Waals surface area (Å²) in [5.74, 6) is -8.00. The van der Waals surface area contributed by atoms with Gasteiger partial charge in [0.2, 0.25) is 23.6 Å². The molecule has 8 atom stereocenters. The fourth-order valence-corrected chi connectivity index (χ4v) is 10.2. The number of esters is 2. The van der Waals surface area contributed by atoms with Gasteiger partial charge in [-0.2, -0.15) is 8.42 Å². The molecule has 2 heterocycles. The van der Waals surface area contributed by atoms with Crippen LogP contribution in [0.3, 0.4) is 0 Å². The maximum Gasteiger partial charge on any atom is 0.347 e. The van der Waals surface area contributed by atoms with E-state index in [0.717, 1.165) is 21.6 Å². The average Bonchev–Trinajstić information content (AvgIpc) is 2.15. The number of carbonyl (C=O) groups is 10. The standard InChI is InChI=1S/C61H85ClN4O17S/c1-36(2)54(65-51(71)26-28-66(29-27-53(73)74)52(72)25-23-43(67)13-12-30-84(78,79)80)47(69)31-38(4)46(68)24-20-40-18-21-42(22-19-40)56-55(83-56)39(5)48-14-11-15-50(70)64-45(33-41-17-16-37(3)44(62)32-41)57(75)63-35-61(9,10)59(77)82-49(58(76)81-48)34-60(6,7)8/h11,15-19,21-22,32,36,38-39,45,48-49,54-56H,12-14,20,23-31,33-35H2,1-10H3,(H,63,75)(H,64,70)(H,65,71)(H,73,74)(H,78,79,80)/b15-11+/t38-,39+,45-,48+,49+,54+,55-,56-/m1/s1. The number of ketones is 3. The Bertz CT molecular complexity index is 2850. The number of carboxylic acids is 1. The zero-order valence-electron chi connectivity index (χ0n) is 50.0. The Labute approximate surface area is 498 Å². The highest BCUT2D eigenvalue weighted by atomic mass is 35.5. The molecule has 0 unspecified atom stereocenters. The first-order valence-electron chi connectivity index (χ1n) is 28.6. The van der Waals surface area contributed by atoms with Crippen LogP contribution in [0.5, 0.6) is 0 Å². The summed E-state index contributed by atoms with van der Waals surface area (Å²) in [4.78, 5) is 133. The number of carboxylic acid groups (broad SMARTS) is 1. The van der Waals surface area contributed by atoms with Crippen LogP contribution in [0.25, 0.3) is 0 Å². The van der Waals surface area contributed by atoms with Crippen LogP contribution in [-0.4, -0.2) is 138 Å². The number of cyclic esters (lactones) is 2. The molecule has 0 aromatic heterocycles. The van der Waals surface area contributed by atoms with Gasteiger partial charge < -0.3 is 40.2 Å². The normalized spacial score (nSPS) is 21.1. The van der Waals surface area contributed by atoms with Crippen molar-refractivity contribution in [1.29, 1.82) is 0 Å². The minimum atomic E-state index is -4.25. The number of epoxide rings is 1. The molecule has 464 valence electrons. The number of Topliss-reactive ketones (excluding diaryl/α,β-unsaturated/α-hetero) is 3. The maximum absolute atomic E-state index is 14.1. The Morgan fingerprint density at radius 2 is 1.52 bits per heavy atom. The minimum Gasteiger partial charge on any atom is -0.481 e. The van der Waals surface area contributed by atoms with Crippen molar-refractivity contribution in [2.24, 2.45) is 28.6 Å². The van der Waals surface area contributed by atoms with Crippen LogP contribution >= 0.6 is 11.6 Å². The maximum atomic E-state index is 14.1. The topological polar surface area (TPSA) is 316 Å². The highest BCUT2D eigenvalue weighted by Gasteiger charge is 2.48. The second-order valence-electron chi connectivity index (χ2n) is 24.4. The molecular formula is C61H85ClN4O17S. The highest BCUT2D eigenvalue weighted by Crippen LogP contribution is 2.45. The summed E-state index contributed by atoms with van der Waals surface area (Å²) in [6, 6.07) is 10.9. The van der Waals surface area contributed by atoms with E-state index in [-0.39, 0.29) is 107 Å². The molecule has 2 aliphatic heterocycles. The zero-order valence-corrected chi connectivity index (χ0v) is 51.5. The van der Waals surface area contributed by atoms with E-state index >= 15 is 0 Å². The number of benzene rings is 2. The number of halogens is 1. The predicted octanol–water partition coefficient (Wildman–Crippen LogP) is 6.76. The SMILES string of the molecule is Cc1ccc(C[C@H]2NC(=O)/C=C/C[C@@H]([C@H](C)[C@H]3O[C@@H]3c3ccc(CCC(=O)[C@H](C)CC(=O)[C@@H](NC(=O)CCN(CCC(=O)O)C(=O)CCC(=O)CCCS(=O)(=O)O)C(C)C)cc3)OC(=O)[C@H](CC(C)(C)C)OC(=O)C(C)(C)CNC2=O)cc1Cl. The molecule has 2 aromatic rings. The lowest BCUT2D eigenvalue weighted by Gasteiger charge is -2.31. The van der Waals surface area contributed by atoms with E-state index in [1.54, 1.807) is 46.8 Å². The number of hydrogen-bond donors (Lipinski definition) is 5. The fourth-order valence-electron chi connectivity index (χ4n) is 9.46. The number of ether oxygens (including phenoxy) is 3. The summed E-state index contributed by atoms with van der Waals surface area (Å²) in [6.45, 7) is 17.1. The zero-order chi connectivity index (χ0) is 62.9. The Morgan fingerprint density at radius 1 is 0.869 bits per heavy atom. The van der Waals surface area contributed by atoms with E-state index in [1.165, 1.54) is 6.08 Å². The van der Waals surface area contributed by atoms with E-state index in [4.69, 9.17) is 30.4 Å². The van der Waals surface area contributed by atoms with Gasteiger partial charge in [0.05, 0.1) is 29.7 Å². The van der Waals surface area contributed by atoms with Gasteiger partial charge in [-0.05, 0) is 79.3 Å². The molecule has 0 spiro atoms. The third kappa shape index (κ3) is 24.0. The van der Waals surface area contributed by atoms with Crippen LogP contribution in [0.15, 0.2) is 54.6 Å². The van der Waals surface area contributed by atoms with Crippen molar-refractivity contribution in [2.75, 3.05) is 25.4 Å². The summed E-state index contributed by atoms with van der Waals surface area (Å²) in [6.07, 6.45) is -1.01. The largest absolute Gasteiger partial charge is 0.481 e. The highest BCUT2D eigenvalue weighted by molar-refractivity contribution is 7.85. The number of carbonyl (C=O) groups excluding carboxylic acids is 9. The molecule has 1 saturated heterocycles. The van der Waals surface area contributed by atoms with E-state index in [1.807, 2.05) is 71.0 Å². The summed E-state index contributed by atoms with van der Waals surface area (Å²) >= 11 is 6.39. The number of aryl methyl sites for hydroxylation is 2. The Morgan fingerprint density at radius 3 is 2.14 bits per heavy atom. The number of hydrogen-bond acceptors (Lipinski definition) is 15. The first kappa shape index (κ1) is 70.1. The Hall–Kier alpha value is -6.36. The van der Waals surface area contributed by atoms with E-state index < -0.39 is 123 Å².